The van der Waals surface area contributed by atoms with Crippen LogP contribution in [0.15, 0.2) is 0 Å². The number of ether oxygens (including phenoxy) is 3. The molecule has 0 aromatic rings. The molecule has 0 radical (unpaired) electrons. The number of carbonyl (C=O) groups is 3. The number of carbonyl (C=O) groups excluding carboxylic acids is 3. The quantitative estimate of drug-likeness (QED) is 0.471. The first-order valence-corrected chi connectivity index (χ1v) is 10.4. The lowest BCUT2D eigenvalue weighted by molar-refractivity contribution is -0.153. The Hall–Kier alpha value is -1.59. The van der Waals surface area contributed by atoms with E-state index in [1.165, 1.54) is 13.8 Å². The Morgan fingerprint density at radius 1 is 0.667 bits per heavy atom. The topological polar surface area (TPSA) is 78.9 Å². The molecule has 0 aromatic heterocycles. The average Bonchev–Trinajstić information content (AvgIpc) is 2.65. The van der Waals surface area contributed by atoms with Gasteiger partial charge in [0.05, 0.1) is 25.7 Å². The Kier molecular flexibility index (Phi) is 9.08. The van der Waals surface area contributed by atoms with Crippen molar-refractivity contribution in [3.05, 3.63) is 0 Å². The van der Waals surface area contributed by atoms with Gasteiger partial charge in [0, 0.05) is 13.8 Å². The van der Waals surface area contributed by atoms with Crippen molar-refractivity contribution in [3.63, 3.8) is 0 Å². The first-order valence-electron chi connectivity index (χ1n) is 10.4. The van der Waals surface area contributed by atoms with Crippen molar-refractivity contribution in [1.82, 2.24) is 0 Å². The first-order chi connectivity index (χ1) is 12.9. The van der Waals surface area contributed by atoms with E-state index in [0.717, 1.165) is 57.8 Å². The summed E-state index contributed by atoms with van der Waals surface area (Å²) >= 11 is 0. The fraction of sp³-hybridized carbons (Fsp3) is 0.857. The second-order valence-electron chi connectivity index (χ2n) is 8.17. The lowest BCUT2D eigenvalue weighted by Gasteiger charge is -2.30. The molecule has 0 atom stereocenters. The molecule has 154 valence electrons. The van der Waals surface area contributed by atoms with Crippen LogP contribution in [-0.4, -0.2) is 37.7 Å². The Bertz CT molecular complexity index is 487. The van der Waals surface area contributed by atoms with E-state index in [1.54, 1.807) is 0 Å². The SMILES string of the molecule is CC(=O)OCCC1CCC(COC(=O)C2CCC(COC(C)=O)CC2)CC1. The molecule has 0 N–H and O–H groups in total. The zero-order valence-electron chi connectivity index (χ0n) is 16.7. The smallest absolute Gasteiger partial charge is 0.308 e. The molecule has 2 fully saturated rings. The van der Waals surface area contributed by atoms with E-state index in [4.69, 9.17) is 14.2 Å². The Balaban J connectivity index is 1.56. The summed E-state index contributed by atoms with van der Waals surface area (Å²) in [5.74, 6) is 0.938. The van der Waals surface area contributed by atoms with Crippen LogP contribution in [0.1, 0.15) is 71.6 Å². The molecule has 6 heteroatoms. The van der Waals surface area contributed by atoms with Crippen LogP contribution in [0, 0.1) is 23.7 Å². The van der Waals surface area contributed by atoms with Gasteiger partial charge in [-0.1, -0.05) is 0 Å². The molecule has 0 aliphatic heterocycles. The van der Waals surface area contributed by atoms with E-state index >= 15 is 0 Å². The summed E-state index contributed by atoms with van der Waals surface area (Å²) in [6, 6.07) is 0. The second-order valence-corrected chi connectivity index (χ2v) is 8.17. The van der Waals surface area contributed by atoms with Gasteiger partial charge >= 0.3 is 17.9 Å². The van der Waals surface area contributed by atoms with Crippen LogP contribution >= 0.6 is 0 Å². The number of esters is 3. The molecular formula is C21H34O6. The molecule has 2 aliphatic rings. The predicted molar refractivity (Wildman–Crippen MR) is 99.7 cm³/mol. The van der Waals surface area contributed by atoms with Gasteiger partial charge in [-0.05, 0) is 75.5 Å². The van der Waals surface area contributed by atoms with E-state index in [1.807, 2.05) is 0 Å². The van der Waals surface area contributed by atoms with Gasteiger partial charge in [0.25, 0.3) is 0 Å². The van der Waals surface area contributed by atoms with E-state index in [0.29, 0.717) is 37.6 Å². The predicted octanol–water partition coefficient (Wildman–Crippen LogP) is 3.66. The van der Waals surface area contributed by atoms with E-state index in [9.17, 15) is 14.4 Å². The summed E-state index contributed by atoms with van der Waals surface area (Å²) in [5.41, 5.74) is 0. The summed E-state index contributed by atoms with van der Waals surface area (Å²) in [7, 11) is 0. The molecule has 0 aromatic carbocycles. The summed E-state index contributed by atoms with van der Waals surface area (Å²) in [4.78, 5) is 34.0. The van der Waals surface area contributed by atoms with Gasteiger partial charge < -0.3 is 14.2 Å². The van der Waals surface area contributed by atoms with Crippen molar-refractivity contribution in [2.45, 2.75) is 71.6 Å². The minimum atomic E-state index is -0.238. The third-order valence-electron chi connectivity index (χ3n) is 5.96. The Morgan fingerprint density at radius 3 is 1.70 bits per heavy atom. The molecule has 6 nitrogen and oxygen atoms in total. The van der Waals surface area contributed by atoms with Crippen LogP contribution in [0.5, 0.6) is 0 Å². The maximum atomic E-state index is 12.3. The van der Waals surface area contributed by atoms with Gasteiger partial charge in [-0.25, -0.2) is 0 Å². The molecule has 2 rings (SSSR count). The molecule has 2 saturated carbocycles. The van der Waals surface area contributed by atoms with E-state index in [2.05, 4.69) is 0 Å². The van der Waals surface area contributed by atoms with Gasteiger partial charge in [0.2, 0.25) is 0 Å². The van der Waals surface area contributed by atoms with Gasteiger partial charge in [0.1, 0.15) is 0 Å². The summed E-state index contributed by atoms with van der Waals surface area (Å²) in [6.07, 6.45) is 8.81. The lowest BCUT2D eigenvalue weighted by atomic mass is 9.81. The zero-order valence-corrected chi connectivity index (χ0v) is 16.7. The maximum Gasteiger partial charge on any atom is 0.308 e. The highest BCUT2D eigenvalue weighted by Crippen LogP contribution is 2.33. The van der Waals surface area contributed by atoms with Crippen molar-refractivity contribution in [3.8, 4) is 0 Å². The molecule has 27 heavy (non-hydrogen) atoms. The normalized spacial score (nSPS) is 28.2. The largest absolute Gasteiger partial charge is 0.466 e. The molecule has 0 bridgehead atoms. The van der Waals surface area contributed by atoms with Crippen LogP contribution in [0.3, 0.4) is 0 Å². The zero-order chi connectivity index (χ0) is 19.6. The summed E-state index contributed by atoms with van der Waals surface area (Å²) in [6.45, 7) is 4.38. The molecule has 0 unspecified atom stereocenters. The monoisotopic (exact) mass is 382 g/mol. The fourth-order valence-corrected chi connectivity index (χ4v) is 4.17. The highest BCUT2D eigenvalue weighted by molar-refractivity contribution is 5.72. The van der Waals surface area contributed by atoms with Crippen molar-refractivity contribution >= 4 is 17.9 Å². The van der Waals surface area contributed by atoms with Gasteiger partial charge in [-0.15, -0.1) is 0 Å². The Morgan fingerprint density at radius 2 is 1.15 bits per heavy atom. The number of hydrogen-bond donors (Lipinski definition) is 0. The molecule has 2 aliphatic carbocycles. The third kappa shape index (κ3) is 8.31. The van der Waals surface area contributed by atoms with Crippen molar-refractivity contribution in [2.75, 3.05) is 19.8 Å². The fourth-order valence-electron chi connectivity index (χ4n) is 4.17. The van der Waals surface area contributed by atoms with Crippen LogP contribution in [-0.2, 0) is 28.6 Å². The highest BCUT2D eigenvalue weighted by Gasteiger charge is 2.29. The summed E-state index contributed by atoms with van der Waals surface area (Å²) in [5, 5.41) is 0. The van der Waals surface area contributed by atoms with Gasteiger partial charge in [-0.2, -0.15) is 0 Å². The van der Waals surface area contributed by atoms with Crippen molar-refractivity contribution in [1.29, 1.82) is 0 Å². The molecule has 0 spiro atoms. The summed E-state index contributed by atoms with van der Waals surface area (Å²) < 4.78 is 15.7. The van der Waals surface area contributed by atoms with Crippen LogP contribution < -0.4 is 0 Å². The second kappa shape index (κ2) is 11.3. The van der Waals surface area contributed by atoms with Crippen molar-refractivity contribution < 1.29 is 28.6 Å². The van der Waals surface area contributed by atoms with Crippen LogP contribution in [0.25, 0.3) is 0 Å². The van der Waals surface area contributed by atoms with Gasteiger partial charge in [0.15, 0.2) is 0 Å². The average molecular weight is 382 g/mol. The molecule has 0 saturated heterocycles. The van der Waals surface area contributed by atoms with E-state index in [-0.39, 0.29) is 23.8 Å². The third-order valence-corrected chi connectivity index (χ3v) is 5.96. The number of hydrogen-bond acceptors (Lipinski definition) is 6. The van der Waals surface area contributed by atoms with Crippen LogP contribution in [0.2, 0.25) is 0 Å². The molecule has 0 amide bonds. The van der Waals surface area contributed by atoms with Gasteiger partial charge in [-0.3, -0.25) is 14.4 Å². The van der Waals surface area contributed by atoms with Crippen LogP contribution in [0.4, 0.5) is 0 Å². The standard InChI is InChI=1S/C21H34O6/c1-15(22)25-12-11-17-3-5-18(6-4-17)14-27-21(24)20-9-7-19(8-10-20)13-26-16(2)23/h17-20H,3-14H2,1-2H3. The van der Waals surface area contributed by atoms with E-state index < -0.39 is 0 Å². The highest BCUT2D eigenvalue weighted by atomic mass is 16.5. The maximum absolute atomic E-state index is 12.3. The molecular weight excluding hydrogens is 348 g/mol. The molecule has 0 heterocycles. The first kappa shape index (κ1) is 21.7. The number of rotatable bonds is 8. The minimum Gasteiger partial charge on any atom is -0.466 e. The van der Waals surface area contributed by atoms with Crippen molar-refractivity contribution in [2.24, 2.45) is 23.7 Å². The lowest BCUT2D eigenvalue weighted by Crippen LogP contribution is -2.28. The Labute approximate surface area is 162 Å². The minimum absolute atomic E-state index is 0.00125.